The summed E-state index contributed by atoms with van der Waals surface area (Å²) in [4.78, 5) is 19.6. The molecular weight excluding hydrogens is 342 g/mol. The second kappa shape index (κ2) is 8.21. The summed E-state index contributed by atoms with van der Waals surface area (Å²) in [7, 11) is 0. The van der Waals surface area contributed by atoms with Crippen molar-refractivity contribution in [1.29, 1.82) is 0 Å². The molecule has 5 heteroatoms. The van der Waals surface area contributed by atoms with Crippen LogP contribution in [0.5, 0.6) is 0 Å². The van der Waals surface area contributed by atoms with E-state index in [0.717, 1.165) is 44.7 Å². The zero-order valence-electron chi connectivity index (χ0n) is 15.2. The highest BCUT2D eigenvalue weighted by Gasteiger charge is 2.27. The number of nitrogens with one attached hydrogen (secondary N) is 1. The number of anilines is 1. The number of rotatable bonds is 5. The summed E-state index contributed by atoms with van der Waals surface area (Å²) in [6.07, 6.45) is 12.3. The summed E-state index contributed by atoms with van der Waals surface area (Å²) < 4.78 is 1.27. The molecule has 2 aromatic heterocycles. The minimum absolute atomic E-state index is 0.0692. The molecule has 1 aliphatic heterocycles. The number of allylic oxidation sites excluding steroid dienone is 1. The lowest BCUT2D eigenvalue weighted by Gasteiger charge is -2.33. The maximum Gasteiger partial charge on any atom is 0.224 e. The molecule has 0 saturated carbocycles. The van der Waals surface area contributed by atoms with Gasteiger partial charge in [-0.25, -0.2) is 4.98 Å². The highest BCUT2D eigenvalue weighted by atomic mass is 32.1. The largest absolute Gasteiger partial charge is 0.355 e. The number of amides is 1. The summed E-state index contributed by atoms with van der Waals surface area (Å²) >= 11 is 1.75. The molecule has 1 atom stereocenters. The Morgan fingerprint density at radius 3 is 3.15 bits per heavy atom. The molecule has 3 heterocycles. The SMILES string of the molecule is O=C(NCCC1=CCCCC1)[C@H]1CCCN(c2nccc3sccc23)C1. The first-order valence-corrected chi connectivity index (χ1v) is 10.7. The lowest BCUT2D eigenvalue weighted by atomic mass is 9.96. The number of pyridine rings is 1. The molecule has 2 aromatic rings. The molecule has 138 valence electrons. The first-order valence-electron chi connectivity index (χ1n) is 9.84. The van der Waals surface area contributed by atoms with Gasteiger partial charge in [-0.1, -0.05) is 11.6 Å². The van der Waals surface area contributed by atoms with E-state index in [2.05, 4.69) is 38.8 Å². The van der Waals surface area contributed by atoms with E-state index in [-0.39, 0.29) is 11.8 Å². The van der Waals surface area contributed by atoms with Crippen molar-refractivity contribution in [3.8, 4) is 0 Å². The fraction of sp³-hybridized carbons (Fsp3) is 0.524. The Balaban J connectivity index is 1.35. The van der Waals surface area contributed by atoms with E-state index in [4.69, 9.17) is 0 Å². The standard InChI is InChI=1S/C21H27N3OS/c25-21(23-11-8-16-5-2-1-3-6-16)17-7-4-13-24(15-17)20-18-10-14-26-19(18)9-12-22-20/h5,9-10,12,14,17H,1-4,6-8,11,13,15H2,(H,23,25)/t17-/m0/s1. The summed E-state index contributed by atoms with van der Waals surface area (Å²) in [5.41, 5.74) is 1.52. The molecule has 4 rings (SSSR count). The van der Waals surface area contributed by atoms with Crippen LogP contribution in [-0.4, -0.2) is 30.5 Å². The lowest BCUT2D eigenvalue weighted by Crippen LogP contribution is -2.43. The van der Waals surface area contributed by atoms with E-state index in [1.54, 1.807) is 11.3 Å². The van der Waals surface area contributed by atoms with Crippen molar-refractivity contribution in [3.63, 3.8) is 0 Å². The van der Waals surface area contributed by atoms with Gasteiger partial charge in [0.15, 0.2) is 0 Å². The fourth-order valence-electron chi connectivity index (χ4n) is 4.14. The normalized spacial score (nSPS) is 20.8. The van der Waals surface area contributed by atoms with E-state index < -0.39 is 0 Å². The van der Waals surface area contributed by atoms with Gasteiger partial charge in [0.2, 0.25) is 5.91 Å². The summed E-state index contributed by atoms with van der Waals surface area (Å²) in [5.74, 6) is 1.32. The van der Waals surface area contributed by atoms with Gasteiger partial charge >= 0.3 is 0 Å². The van der Waals surface area contributed by atoms with Gasteiger partial charge in [-0.15, -0.1) is 11.3 Å². The number of aromatic nitrogens is 1. The molecule has 0 bridgehead atoms. The number of fused-ring (bicyclic) bond motifs is 1. The van der Waals surface area contributed by atoms with E-state index in [1.807, 2.05) is 6.20 Å². The number of thiophene rings is 1. The van der Waals surface area contributed by atoms with Gasteiger partial charge in [0, 0.05) is 35.9 Å². The van der Waals surface area contributed by atoms with Crippen molar-refractivity contribution >= 4 is 33.1 Å². The number of hydrogen-bond donors (Lipinski definition) is 1. The van der Waals surface area contributed by atoms with E-state index >= 15 is 0 Å². The van der Waals surface area contributed by atoms with Gasteiger partial charge in [0.05, 0.1) is 5.92 Å². The van der Waals surface area contributed by atoms with Gasteiger partial charge in [0.1, 0.15) is 5.82 Å². The average molecular weight is 370 g/mol. The molecule has 26 heavy (non-hydrogen) atoms. The highest BCUT2D eigenvalue weighted by molar-refractivity contribution is 7.17. The van der Waals surface area contributed by atoms with E-state index in [9.17, 15) is 4.79 Å². The zero-order chi connectivity index (χ0) is 17.8. The van der Waals surface area contributed by atoms with Crippen LogP contribution in [0.4, 0.5) is 5.82 Å². The van der Waals surface area contributed by atoms with Gasteiger partial charge in [-0.2, -0.15) is 0 Å². The van der Waals surface area contributed by atoms with Crippen LogP contribution in [0.2, 0.25) is 0 Å². The minimum Gasteiger partial charge on any atom is -0.355 e. The van der Waals surface area contributed by atoms with E-state index in [0.29, 0.717) is 0 Å². The zero-order valence-corrected chi connectivity index (χ0v) is 16.1. The minimum atomic E-state index is 0.0692. The number of carbonyl (C=O) groups is 1. The van der Waals surface area contributed by atoms with Crippen LogP contribution < -0.4 is 10.2 Å². The van der Waals surface area contributed by atoms with Gasteiger partial charge < -0.3 is 10.2 Å². The molecule has 0 spiro atoms. The van der Waals surface area contributed by atoms with Crippen LogP contribution in [0, 0.1) is 5.92 Å². The summed E-state index contributed by atoms with van der Waals surface area (Å²) in [6.45, 7) is 2.54. The predicted octanol–water partition coefficient (Wildman–Crippen LogP) is 4.52. The smallest absolute Gasteiger partial charge is 0.224 e. The van der Waals surface area contributed by atoms with Crippen LogP contribution in [0.15, 0.2) is 35.4 Å². The van der Waals surface area contributed by atoms with Crippen molar-refractivity contribution in [2.45, 2.75) is 44.9 Å². The van der Waals surface area contributed by atoms with Gasteiger partial charge in [-0.3, -0.25) is 4.79 Å². The molecule has 4 nitrogen and oxygen atoms in total. The van der Waals surface area contributed by atoms with Crippen molar-refractivity contribution in [3.05, 3.63) is 35.4 Å². The molecule has 0 aromatic carbocycles. The second-order valence-corrected chi connectivity index (χ2v) is 8.35. The number of nitrogens with zero attached hydrogens (tertiary/aromatic N) is 2. The van der Waals surface area contributed by atoms with E-state index in [1.165, 1.54) is 41.3 Å². The summed E-state index contributed by atoms with van der Waals surface area (Å²) in [5, 5.41) is 6.51. The lowest BCUT2D eigenvalue weighted by molar-refractivity contribution is -0.125. The van der Waals surface area contributed by atoms with Crippen molar-refractivity contribution in [2.24, 2.45) is 5.92 Å². The third kappa shape index (κ3) is 3.93. The maximum atomic E-state index is 12.7. The molecular formula is C21H27N3OS. The van der Waals surface area contributed by atoms with Crippen molar-refractivity contribution in [2.75, 3.05) is 24.5 Å². The Kier molecular flexibility index (Phi) is 5.54. The Morgan fingerprint density at radius 2 is 2.27 bits per heavy atom. The number of carbonyl (C=O) groups excluding carboxylic acids is 1. The molecule has 1 aliphatic carbocycles. The molecule has 1 fully saturated rings. The fourth-order valence-corrected chi connectivity index (χ4v) is 4.91. The summed E-state index contributed by atoms with van der Waals surface area (Å²) in [6, 6.07) is 4.21. The van der Waals surface area contributed by atoms with Crippen LogP contribution in [0.1, 0.15) is 44.9 Å². The van der Waals surface area contributed by atoms with Crippen molar-refractivity contribution in [1.82, 2.24) is 10.3 Å². The van der Waals surface area contributed by atoms with Crippen molar-refractivity contribution < 1.29 is 4.79 Å². The first-order chi connectivity index (χ1) is 12.8. The molecule has 1 N–H and O–H groups in total. The monoisotopic (exact) mass is 369 g/mol. The first kappa shape index (κ1) is 17.5. The topological polar surface area (TPSA) is 45.2 Å². The van der Waals surface area contributed by atoms with Crippen LogP contribution >= 0.6 is 11.3 Å². The molecule has 0 radical (unpaired) electrons. The highest BCUT2D eigenvalue weighted by Crippen LogP contribution is 2.31. The maximum absolute atomic E-state index is 12.7. The third-order valence-corrected chi connectivity index (χ3v) is 6.46. The second-order valence-electron chi connectivity index (χ2n) is 7.40. The van der Waals surface area contributed by atoms with Crippen LogP contribution in [0.3, 0.4) is 0 Å². The Morgan fingerprint density at radius 1 is 1.31 bits per heavy atom. The molecule has 0 unspecified atom stereocenters. The van der Waals surface area contributed by atoms with Crippen LogP contribution in [-0.2, 0) is 4.79 Å². The molecule has 2 aliphatic rings. The molecule has 1 amide bonds. The predicted molar refractivity (Wildman–Crippen MR) is 109 cm³/mol. The Labute approximate surface area is 159 Å². The quantitative estimate of drug-likeness (QED) is 0.788. The molecule has 1 saturated heterocycles. The Hall–Kier alpha value is -1.88. The number of piperidine rings is 1. The number of hydrogen-bond acceptors (Lipinski definition) is 4. The third-order valence-electron chi connectivity index (χ3n) is 5.58. The average Bonchev–Trinajstić information content (AvgIpc) is 3.18. The van der Waals surface area contributed by atoms with Gasteiger partial charge in [-0.05, 0) is 62.5 Å². The van der Waals surface area contributed by atoms with Crippen LogP contribution in [0.25, 0.3) is 10.1 Å². The Bertz CT molecular complexity index is 797. The van der Waals surface area contributed by atoms with Gasteiger partial charge in [0.25, 0.3) is 0 Å².